The monoisotopic (exact) mass is 418 g/mol. The molecule has 0 unspecified atom stereocenters. The van der Waals surface area contributed by atoms with Gasteiger partial charge in [-0.2, -0.15) is 5.10 Å². The number of rotatable bonds is 6. The summed E-state index contributed by atoms with van der Waals surface area (Å²) in [7, 11) is 0. The van der Waals surface area contributed by atoms with Crippen molar-refractivity contribution in [1.29, 1.82) is 0 Å². The number of aryl methyl sites for hydroxylation is 2. The molecule has 1 N–H and O–H groups in total. The highest BCUT2D eigenvalue weighted by molar-refractivity contribution is 6.08. The Morgan fingerprint density at radius 2 is 1.87 bits per heavy atom. The van der Waals surface area contributed by atoms with Crippen LogP contribution in [0.15, 0.2) is 42.7 Å². The van der Waals surface area contributed by atoms with Gasteiger partial charge in [-0.1, -0.05) is 0 Å². The van der Waals surface area contributed by atoms with E-state index in [1.807, 2.05) is 73.7 Å². The van der Waals surface area contributed by atoms with Crippen LogP contribution in [0, 0.1) is 13.8 Å². The lowest BCUT2D eigenvalue weighted by atomic mass is 10.2. The number of anilines is 1. The fourth-order valence-corrected chi connectivity index (χ4v) is 3.87. The number of nitrogens with one attached hydrogen (secondary N) is 1. The average Bonchev–Trinajstić information content (AvgIpc) is 3.33. The van der Waals surface area contributed by atoms with E-state index in [1.165, 1.54) is 6.20 Å². The molecule has 31 heavy (non-hydrogen) atoms. The lowest BCUT2D eigenvalue weighted by Gasteiger charge is -2.19. The number of hydrogen-bond acceptors (Lipinski definition) is 4. The summed E-state index contributed by atoms with van der Waals surface area (Å²) in [6.45, 7) is 9.47. The van der Waals surface area contributed by atoms with Crippen LogP contribution in [0.2, 0.25) is 0 Å². The quantitative estimate of drug-likeness (QED) is 0.520. The third-order valence-corrected chi connectivity index (χ3v) is 5.47. The van der Waals surface area contributed by atoms with Crippen molar-refractivity contribution in [1.82, 2.24) is 24.1 Å². The molecule has 0 aliphatic carbocycles. The fraction of sp³-hybridized carbons (Fsp3) is 0.304. The first-order valence-electron chi connectivity index (χ1n) is 10.4. The Kier molecular flexibility index (Phi) is 5.46. The van der Waals surface area contributed by atoms with Gasteiger partial charge in [0.05, 0.1) is 6.20 Å². The molecule has 0 radical (unpaired) electrons. The van der Waals surface area contributed by atoms with E-state index in [9.17, 15) is 9.59 Å². The molecule has 0 saturated heterocycles. The molecule has 8 nitrogen and oxygen atoms in total. The first kappa shape index (κ1) is 20.6. The van der Waals surface area contributed by atoms with Gasteiger partial charge in [0.1, 0.15) is 12.1 Å². The van der Waals surface area contributed by atoms with Gasteiger partial charge in [0.2, 0.25) is 5.91 Å². The SMILES string of the molecule is CCN(CC)C(=O)Cn1ccc2cc(NC(=O)c3cnn4c(C)cc(C)nc34)ccc21. The van der Waals surface area contributed by atoms with Crippen molar-refractivity contribution in [3.63, 3.8) is 0 Å². The second kappa shape index (κ2) is 8.22. The van der Waals surface area contributed by atoms with E-state index in [1.54, 1.807) is 4.52 Å². The van der Waals surface area contributed by atoms with Crippen molar-refractivity contribution in [3.05, 3.63) is 59.7 Å². The van der Waals surface area contributed by atoms with Gasteiger partial charge in [0.25, 0.3) is 5.91 Å². The highest BCUT2D eigenvalue weighted by atomic mass is 16.2. The predicted molar refractivity (Wildman–Crippen MR) is 120 cm³/mol. The van der Waals surface area contributed by atoms with Gasteiger partial charge in [0.15, 0.2) is 5.65 Å². The summed E-state index contributed by atoms with van der Waals surface area (Å²) in [6.07, 6.45) is 3.44. The van der Waals surface area contributed by atoms with Crippen molar-refractivity contribution < 1.29 is 9.59 Å². The summed E-state index contributed by atoms with van der Waals surface area (Å²) in [5, 5.41) is 8.18. The number of hydrogen-bond donors (Lipinski definition) is 1. The zero-order valence-corrected chi connectivity index (χ0v) is 18.2. The van der Waals surface area contributed by atoms with Crippen LogP contribution in [0.25, 0.3) is 16.6 Å². The van der Waals surface area contributed by atoms with Crippen LogP contribution in [-0.2, 0) is 11.3 Å². The van der Waals surface area contributed by atoms with Gasteiger partial charge in [-0.15, -0.1) is 0 Å². The Labute approximate surface area is 180 Å². The van der Waals surface area contributed by atoms with Gasteiger partial charge in [-0.05, 0) is 58.0 Å². The summed E-state index contributed by atoms with van der Waals surface area (Å²) < 4.78 is 3.60. The lowest BCUT2D eigenvalue weighted by Crippen LogP contribution is -2.33. The minimum absolute atomic E-state index is 0.0889. The maximum atomic E-state index is 12.9. The van der Waals surface area contributed by atoms with Crippen LogP contribution >= 0.6 is 0 Å². The number of benzene rings is 1. The molecule has 0 saturated carbocycles. The molecule has 4 aromatic rings. The number of carbonyl (C=O) groups excluding carboxylic acids is 2. The molecule has 2 amide bonds. The standard InChI is InChI=1S/C23H26N6O2/c1-5-27(6-2)21(30)14-28-10-9-17-12-18(7-8-20(17)28)26-23(31)19-13-24-29-16(4)11-15(3)25-22(19)29/h7-13H,5-6,14H2,1-4H3,(H,26,31). The minimum atomic E-state index is -0.261. The van der Waals surface area contributed by atoms with Crippen LogP contribution in [0.1, 0.15) is 35.6 Å². The fourth-order valence-electron chi connectivity index (χ4n) is 3.87. The van der Waals surface area contributed by atoms with Crippen molar-refractivity contribution in [2.24, 2.45) is 0 Å². The molecule has 1 aromatic carbocycles. The van der Waals surface area contributed by atoms with Crippen molar-refractivity contribution in [3.8, 4) is 0 Å². The molecule has 3 aromatic heterocycles. The van der Waals surface area contributed by atoms with Crippen molar-refractivity contribution in [2.45, 2.75) is 34.2 Å². The van der Waals surface area contributed by atoms with E-state index >= 15 is 0 Å². The number of amides is 2. The molecule has 0 fully saturated rings. The van der Waals surface area contributed by atoms with Gasteiger partial charge in [-0.3, -0.25) is 9.59 Å². The zero-order valence-electron chi connectivity index (χ0n) is 18.2. The van der Waals surface area contributed by atoms with Crippen LogP contribution in [0.5, 0.6) is 0 Å². The lowest BCUT2D eigenvalue weighted by molar-refractivity contribution is -0.131. The molecule has 4 rings (SSSR count). The van der Waals surface area contributed by atoms with Gasteiger partial charge >= 0.3 is 0 Å². The van der Waals surface area contributed by atoms with E-state index in [4.69, 9.17) is 0 Å². The highest BCUT2D eigenvalue weighted by Gasteiger charge is 2.16. The maximum Gasteiger partial charge on any atom is 0.261 e. The van der Waals surface area contributed by atoms with Crippen molar-refractivity contribution >= 4 is 34.1 Å². The normalized spacial score (nSPS) is 11.2. The molecule has 160 valence electrons. The summed E-state index contributed by atoms with van der Waals surface area (Å²) >= 11 is 0. The van der Waals surface area contributed by atoms with E-state index < -0.39 is 0 Å². The molecule has 0 aliphatic rings. The van der Waals surface area contributed by atoms with E-state index in [-0.39, 0.29) is 11.8 Å². The number of fused-ring (bicyclic) bond motifs is 2. The molecule has 0 spiro atoms. The van der Waals surface area contributed by atoms with Crippen LogP contribution < -0.4 is 5.32 Å². The summed E-state index contributed by atoms with van der Waals surface area (Å²) in [5.74, 6) is -0.172. The first-order chi connectivity index (χ1) is 14.9. The Morgan fingerprint density at radius 3 is 2.61 bits per heavy atom. The second-order valence-electron chi connectivity index (χ2n) is 7.57. The number of aromatic nitrogens is 4. The first-order valence-corrected chi connectivity index (χ1v) is 10.4. The Hall–Kier alpha value is -3.68. The highest BCUT2D eigenvalue weighted by Crippen LogP contribution is 2.22. The second-order valence-corrected chi connectivity index (χ2v) is 7.57. The molecular weight excluding hydrogens is 392 g/mol. The summed E-state index contributed by atoms with van der Waals surface area (Å²) in [4.78, 5) is 31.6. The molecule has 0 atom stereocenters. The zero-order chi connectivity index (χ0) is 22.1. The molecular formula is C23H26N6O2. The smallest absolute Gasteiger partial charge is 0.261 e. The summed E-state index contributed by atoms with van der Waals surface area (Å²) in [5.41, 5.74) is 4.34. The molecule has 8 heteroatoms. The Balaban J connectivity index is 1.56. The largest absolute Gasteiger partial charge is 0.342 e. The van der Waals surface area contributed by atoms with E-state index in [0.717, 1.165) is 22.3 Å². The predicted octanol–water partition coefficient (Wildman–Crippen LogP) is 3.42. The third kappa shape index (κ3) is 3.88. The molecule has 0 bridgehead atoms. The van der Waals surface area contributed by atoms with Gasteiger partial charge < -0.3 is 14.8 Å². The third-order valence-electron chi connectivity index (χ3n) is 5.47. The number of likely N-dealkylation sites (N-methyl/N-ethyl adjacent to an activating group) is 1. The van der Waals surface area contributed by atoms with Crippen LogP contribution in [-0.4, -0.2) is 49.0 Å². The van der Waals surface area contributed by atoms with Crippen LogP contribution in [0.3, 0.4) is 0 Å². The van der Waals surface area contributed by atoms with Crippen LogP contribution in [0.4, 0.5) is 5.69 Å². The average molecular weight is 419 g/mol. The van der Waals surface area contributed by atoms with E-state index in [0.29, 0.717) is 36.5 Å². The number of nitrogens with zero attached hydrogens (tertiary/aromatic N) is 5. The topological polar surface area (TPSA) is 84.5 Å². The van der Waals surface area contributed by atoms with Gasteiger partial charge in [0, 0.05) is 47.3 Å². The van der Waals surface area contributed by atoms with Gasteiger partial charge in [-0.25, -0.2) is 9.50 Å². The summed E-state index contributed by atoms with van der Waals surface area (Å²) in [6, 6.07) is 9.54. The molecule has 3 heterocycles. The molecule has 0 aliphatic heterocycles. The van der Waals surface area contributed by atoms with Crippen molar-refractivity contribution in [2.75, 3.05) is 18.4 Å². The Bertz CT molecular complexity index is 1280. The number of carbonyl (C=O) groups is 2. The Morgan fingerprint density at radius 1 is 1.10 bits per heavy atom. The minimum Gasteiger partial charge on any atom is -0.342 e. The van der Waals surface area contributed by atoms with E-state index in [2.05, 4.69) is 15.4 Å². The maximum absolute atomic E-state index is 12.9.